The smallest absolute Gasteiger partial charge is 0.163 e. The molecule has 1 N–H and O–H groups in total. The zero-order chi connectivity index (χ0) is 12.7. The summed E-state index contributed by atoms with van der Waals surface area (Å²) < 4.78 is 26.7. The number of fused-ring (bicyclic) bond motifs is 1. The van der Waals surface area contributed by atoms with Gasteiger partial charge in [-0.05, 0) is 24.8 Å². The third-order valence-electron chi connectivity index (χ3n) is 4.32. The molecule has 3 unspecified atom stereocenters. The molecule has 2 fully saturated rings. The van der Waals surface area contributed by atoms with Gasteiger partial charge in [0.05, 0.1) is 6.10 Å². The van der Waals surface area contributed by atoms with Crippen LogP contribution in [0.4, 0.5) is 8.78 Å². The Morgan fingerprint density at radius 3 is 2.83 bits per heavy atom. The molecule has 1 saturated heterocycles. The molecule has 2 nitrogen and oxygen atoms in total. The van der Waals surface area contributed by atoms with Crippen LogP contribution in [0.3, 0.4) is 0 Å². The quantitative estimate of drug-likeness (QED) is 0.873. The predicted octanol–water partition coefficient (Wildman–Crippen LogP) is 2.17. The standard InChI is InChI=1S/C14H17F2NO/c15-12-3-1-2-10(14(12)16)7-17-6-9-4-5-13(18)11(9)8-17/h1-3,9,11,13,18H,4-8H2. The highest BCUT2D eigenvalue weighted by atomic mass is 19.2. The maximum Gasteiger partial charge on any atom is 0.163 e. The molecule has 1 aliphatic carbocycles. The Kier molecular flexibility index (Phi) is 3.08. The van der Waals surface area contributed by atoms with Gasteiger partial charge in [-0.15, -0.1) is 0 Å². The highest BCUT2D eigenvalue weighted by Crippen LogP contribution is 2.38. The molecule has 2 aliphatic rings. The van der Waals surface area contributed by atoms with Gasteiger partial charge in [0.1, 0.15) is 0 Å². The first-order valence-corrected chi connectivity index (χ1v) is 6.48. The van der Waals surface area contributed by atoms with Crippen molar-refractivity contribution in [2.24, 2.45) is 11.8 Å². The molecule has 98 valence electrons. The van der Waals surface area contributed by atoms with Crippen LogP contribution >= 0.6 is 0 Å². The number of aliphatic hydroxyl groups excluding tert-OH is 1. The van der Waals surface area contributed by atoms with Crippen molar-refractivity contribution >= 4 is 0 Å². The molecule has 1 aromatic rings. The molecule has 1 saturated carbocycles. The number of rotatable bonds is 2. The number of aliphatic hydroxyl groups is 1. The van der Waals surface area contributed by atoms with E-state index in [2.05, 4.69) is 4.90 Å². The fraction of sp³-hybridized carbons (Fsp3) is 0.571. The van der Waals surface area contributed by atoms with Crippen LogP contribution in [0.15, 0.2) is 18.2 Å². The molecule has 1 aliphatic heterocycles. The van der Waals surface area contributed by atoms with Crippen LogP contribution in [0.2, 0.25) is 0 Å². The summed E-state index contributed by atoms with van der Waals surface area (Å²) in [6.45, 7) is 2.11. The molecule has 18 heavy (non-hydrogen) atoms. The minimum Gasteiger partial charge on any atom is -0.393 e. The van der Waals surface area contributed by atoms with Crippen LogP contribution in [0, 0.1) is 23.5 Å². The Morgan fingerprint density at radius 2 is 2.06 bits per heavy atom. The molecular formula is C14H17F2NO. The second kappa shape index (κ2) is 4.59. The molecule has 0 bridgehead atoms. The summed E-state index contributed by atoms with van der Waals surface area (Å²) >= 11 is 0. The lowest BCUT2D eigenvalue weighted by Gasteiger charge is -2.18. The highest BCUT2D eigenvalue weighted by molar-refractivity contribution is 5.19. The number of hydrogen-bond donors (Lipinski definition) is 1. The Hall–Kier alpha value is -1.00. The van der Waals surface area contributed by atoms with Crippen molar-refractivity contribution in [3.05, 3.63) is 35.4 Å². The average Bonchev–Trinajstić information content (AvgIpc) is 2.88. The summed E-state index contributed by atoms with van der Waals surface area (Å²) in [5.41, 5.74) is 0.407. The predicted molar refractivity (Wildman–Crippen MR) is 63.9 cm³/mol. The van der Waals surface area contributed by atoms with Crippen LogP contribution in [-0.4, -0.2) is 29.2 Å². The minimum atomic E-state index is -0.785. The van der Waals surface area contributed by atoms with E-state index in [0.717, 1.165) is 32.0 Å². The monoisotopic (exact) mass is 253 g/mol. The summed E-state index contributed by atoms with van der Waals surface area (Å²) in [5.74, 6) is -0.680. The second-order valence-electron chi connectivity index (χ2n) is 5.48. The third kappa shape index (κ3) is 2.04. The van der Waals surface area contributed by atoms with Crippen molar-refractivity contribution in [3.63, 3.8) is 0 Å². The van der Waals surface area contributed by atoms with E-state index in [1.165, 1.54) is 0 Å². The molecule has 4 heteroatoms. The van der Waals surface area contributed by atoms with Gasteiger partial charge in [-0.3, -0.25) is 4.90 Å². The molecule has 0 amide bonds. The minimum absolute atomic E-state index is 0.211. The van der Waals surface area contributed by atoms with E-state index in [4.69, 9.17) is 0 Å². The maximum atomic E-state index is 13.6. The molecule has 3 atom stereocenters. The summed E-state index contributed by atoms with van der Waals surface area (Å²) in [6, 6.07) is 4.31. The largest absolute Gasteiger partial charge is 0.393 e. The second-order valence-corrected chi connectivity index (χ2v) is 5.48. The Labute approximate surface area is 105 Å². The molecule has 0 aromatic heterocycles. The van der Waals surface area contributed by atoms with E-state index in [-0.39, 0.29) is 6.10 Å². The van der Waals surface area contributed by atoms with Crippen LogP contribution < -0.4 is 0 Å². The van der Waals surface area contributed by atoms with Crippen molar-refractivity contribution in [2.45, 2.75) is 25.5 Å². The van der Waals surface area contributed by atoms with Crippen LogP contribution in [0.25, 0.3) is 0 Å². The average molecular weight is 253 g/mol. The van der Waals surface area contributed by atoms with E-state index in [9.17, 15) is 13.9 Å². The number of halogens is 2. The fourth-order valence-corrected chi connectivity index (χ4v) is 3.37. The lowest BCUT2D eigenvalue weighted by Crippen LogP contribution is -2.25. The number of benzene rings is 1. The zero-order valence-corrected chi connectivity index (χ0v) is 10.1. The van der Waals surface area contributed by atoms with Crippen LogP contribution in [0.5, 0.6) is 0 Å². The normalized spacial score (nSPS) is 31.8. The van der Waals surface area contributed by atoms with Gasteiger partial charge in [-0.2, -0.15) is 0 Å². The summed E-state index contributed by atoms with van der Waals surface area (Å²) in [6.07, 6.45) is 1.73. The SMILES string of the molecule is OC1CCC2CN(Cc3cccc(F)c3F)CC12. The molecule has 0 spiro atoms. The molecule has 1 aromatic carbocycles. The first kappa shape index (κ1) is 12.1. The van der Waals surface area contributed by atoms with E-state index >= 15 is 0 Å². The number of nitrogens with zero attached hydrogens (tertiary/aromatic N) is 1. The van der Waals surface area contributed by atoms with Crippen LogP contribution in [-0.2, 0) is 6.54 Å². The first-order chi connectivity index (χ1) is 8.65. The third-order valence-corrected chi connectivity index (χ3v) is 4.32. The summed E-state index contributed by atoms with van der Waals surface area (Å²) in [5, 5.41) is 9.82. The summed E-state index contributed by atoms with van der Waals surface area (Å²) in [4.78, 5) is 2.12. The Bertz CT molecular complexity index is 451. The van der Waals surface area contributed by atoms with Gasteiger partial charge < -0.3 is 5.11 Å². The highest BCUT2D eigenvalue weighted by Gasteiger charge is 2.41. The molecular weight excluding hydrogens is 236 g/mol. The van der Waals surface area contributed by atoms with Gasteiger partial charge >= 0.3 is 0 Å². The number of hydrogen-bond acceptors (Lipinski definition) is 2. The molecule has 0 radical (unpaired) electrons. The van der Waals surface area contributed by atoms with Crippen molar-refractivity contribution < 1.29 is 13.9 Å². The van der Waals surface area contributed by atoms with E-state index in [1.807, 2.05) is 0 Å². The lowest BCUT2D eigenvalue weighted by atomic mass is 10.00. The van der Waals surface area contributed by atoms with Gasteiger partial charge in [0, 0.05) is 31.1 Å². The van der Waals surface area contributed by atoms with Gasteiger partial charge in [0.15, 0.2) is 11.6 Å². The maximum absolute atomic E-state index is 13.6. The van der Waals surface area contributed by atoms with E-state index in [0.29, 0.717) is 23.9 Å². The van der Waals surface area contributed by atoms with E-state index in [1.54, 1.807) is 12.1 Å². The van der Waals surface area contributed by atoms with Crippen molar-refractivity contribution in [1.82, 2.24) is 4.90 Å². The zero-order valence-electron chi connectivity index (χ0n) is 10.1. The van der Waals surface area contributed by atoms with Gasteiger partial charge in [-0.1, -0.05) is 12.1 Å². The molecule has 1 heterocycles. The first-order valence-electron chi connectivity index (χ1n) is 6.48. The van der Waals surface area contributed by atoms with Crippen LogP contribution in [0.1, 0.15) is 18.4 Å². The number of likely N-dealkylation sites (tertiary alicyclic amines) is 1. The Morgan fingerprint density at radius 1 is 1.22 bits per heavy atom. The van der Waals surface area contributed by atoms with Gasteiger partial charge in [-0.25, -0.2) is 8.78 Å². The lowest BCUT2D eigenvalue weighted by molar-refractivity contribution is 0.123. The van der Waals surface area contributed by atoms with Gasteiger partial charge in [0.2, 0.25) is 0 Å². The Balaban J connectivity index is 1.70. The topological polar surface area (TPSA) is 23.5 Å². The van der Waals surface area contributed by atoms with Crippen molar-refractivity contribution in [1.29, 1.82) is 0 Å². The van der Waals surface area contributed by atoms with Gasteiger partial charge in [0.25, 0.3) is 0 Å². The fourth-order valence-electron chi connectivity index (χ4n) is 3.37. The van der Waals surface area contributed by atoms with Crippen molar-refractivity contribution in [3.8, 4) is 0 Å². The van der Waals surface area contributed by atoms with E-state index < -0.39 is 11.6 Å². The summed E-state index contributed by atoms with van der Waals surface area (Å²) in [7, 11) is 0. The van der Waals surface area contributed by atoms with Crippen molar-refractivity contribution in [2.75, 3.05) is 13.1 Å². The molecule has 3 rings (SSSR count).